The van der Waals surface area contributed by atoms with E-state index in [4.69, 9.17) is 9.47 Å². The summed E-state index contributed by atoms with van der Waals surface area (Å²) in [5.41, 5.74) is 2.09. The van der Waals surface area contributed by atoms with Crippen LogP contribution >= 0.6 is 0 Å². The van der Waals surface area contributed by atoms with E-state index < -0.39 is 5.97 Å². The number of carbonyl (C=O) groups excluding carboxylic acids is 1. The lowest BCUT2D eigenvalue weighted by Gasteiger charge is -2.31. The maximum atomic E-state index is 10.8. The second kappa shape index (κ2) is 5.36. The minimum Gasteiger partial charge on any atom is -0.545 e. The van der Waals surface area contributed by atoms with Crippen molar-refractivity contribution >= 4 is 11.7 Å². The molecule has 0 spiro atoms. The van der Waals surface area contributed by atoms with E-state index in [9.17, 15) is 9.90 Å². The van der Waals surface area contributed by atoms with Crippen LogP contribution in [-0.4, -0.2) is 19.8 Å². The zero-order valence-electron chi connectivity index (χ0n) is 11.5. The molecule has 1 aliphatic heterocycles. The number of aromatic carboxylic acids is 1. The van der Waals surface area contributed by atoms with Gasteiger partial charge in [0.15, 0.2) is 6.73 Å². The Kier molecular flexibility index (Phi) is 3.39. The fourth-order valence-corrected chi connectivity index (χ4v) is 2.32. The van der Waals surface area contributed by atoms with Crippen LogP contribution in [0.4, 0.5) is 5.69 Å². The number of benzene rings is 2. The molecular formula is C16H14NO4-. The zero-order valence-corrected chi connectivity index (χ0v) is 11.5. The summed E-state index contributed by atoms with van der Waals surface area (Å²) in [6, 6.07) is 12.3. The standard InChI is InChI=1S/C16H15NO4/c1-20-14-6-7-15-12(8-14)9-17(10-21-15)13-4-2-11(3-5-13)16(18)19/h2-8H,9-10H2,1H3,(H,18,19)/p-1. The Morgan fingerprint density at radius 2 is 2.00 bits per heavy atom. The Morgan fingerprint density at radius 1 is 1.24 bits per heavy atom. The highest BCUT2D eigenvalue weighted by molar-refractivity contribution is 5.86. The number of carboxylic acid groups (broad SMARTS) is 1. The zero-order chi connectivity index (χ0) is 14.8. The molecule has 0 radical (unpaired) electrons. The highest BCUT2D eigenvalue weighted by Crippen LogP contribution is 2.31. The van der Waals surface area contributed by atoms with Gasteiger partial charge < -0.3 is 24.3 Å². The number of hydrogen-bond donors (Lipinski definition) is 0. The largest absolute Gasteiger partial charge is 0.545 e. The van der Waals surface area contributed by atoms with E-state index in [1.165, 1.54) is 12.1 Å². The van der Waals surface area contributed by atoms with Crippen LogP contribution in [0.1, 0.15) is 15.9 Å². The number of fused-ring (bicyclic) bond motifs is 1. The average Bonchev–Trinajstić information content (AvgIpc) is 2.53. The van der Waals surface area contributed by atoms with E-state index in [0.29, 0.717) is 13.3 Å². The smallest absolute Gasteiger partial charge is 0.161 e. The Hall–Kier alpha value is -2.69. The molecule has 2 aromatic carbocycles. The molecule has 1 aliphatic rings. The van der Waals surface area contributed by atoms with E-state index >= 15 is 0 Å². The van der Waals surface area contributed by atoms with Gasteiger partial charge >= 0.3 is 0 Å². The third kappa shape index (κ3) is 2.63. The molecule has 0 amide bonds. The Bertz CT molecular complexity index is 666. The lowest BCUT2D eigenvalue weighted by atomic mass is 10.1. The van der Waals surface area contributed by atoms with Gasteiger partial charge in [-0.2, -0.15) is 0 Å². The predicted molar refractivity (Wildman–Crippen MR) is 75.4 cm³/mol. The number of hydrogen-bond acceptors (Lipinski definition) is 5. The van der Waals surface area contributed by atoms with E-state index in [-0.39, 0.29) is 5.56 Å². The third-order valence-electron chi connectivity index (χ3n) is 3.47. The summed E-state index contributed by atoms with van der Waals surface area (Å²) in [5, 5.41) is 10.8. The van der Waals surface area contributed by atoms with Crippen molar-refractivity contribution in [2.24, 2.45) is 0 Å². The third-order valence-corrected chi connectivity index (χ3v) is 3.47. The maximum Gasteiger partial charge on any atom is 0.161 e. The van der Waals surface area contributed by atoms with Crippen LogP contribution in [-0.2, 0) is 6.54 Å². The molecule has 0 unspecified atom stereocenters. The molecule has 5 nitrogen and oxygen atoms in total. The van der Waals surface area contributed by atoms with Gasteiger partial charge in [0.1, 0.15) is 11.5 Å². The van der Waals surface area contributed by atoms with Gasteiger partial charge in [-0.05, 0) is 35.9 Å². The number of nitrogens with zero attached hydrogens (tertiary/aromatic N) is 1. The quantitative estimate of drug-likeness (QED) is 0.853. The van der Waals surface area contributed by atoms with Crippen LogP contribution in [0.2, 0.25) is 0 Å². The predicted octanol–water partition coefficient (Wildman–Crippen LogP) is 1.42. The molecule has 0 bridgehead atoms. The second-order valence-corrected chi connectivity index (χ2v) is 4.78. The molecule has 0 atom stereocenters. The molecule has 0 aromatic heterocycles. The molecule has 2 aromatic rings. The summed E-state index contributed by atoms with van der Waals surface area (Å²) in [6.45, 7) is 1.10. The SMILES string of the molecule is COc1ccc2c(c1)CN(c1ccc(C(=O)[O-])cc1)CO2. The summed E-state index contributed by atoms with van der Waals surface area (Å²) in [7, 11) is 1.63. The number of carboxylic acids is 1. The van der Waals surface area contributed by atoms with Crippen LogP contribution in [0.15, 0.2) is 42.5 Å². The average molecular weight is 284 g/mol. The summed E-state index contributed by atoms with van der Waals surface area (Å²) in [4.78, 5) is 12.8. The van der Waals surface area contributed by atoms with Crippen LogP contribution in [0.5, 0.6) is 11.5 Å². The first kappa shape index (κ1) is 13.3. The number of anilines is 1. The summed E-state index contributed by atoms with van der Waals surface area (Å²) >= 11 is 0. The van der Waals surface area contributed by atoms with Crippen molar-refractivity contribution < 1.29 is 19.4 Å². The van der Waals surface area contributed by atoms with Crippen LogP contribution in [0.3, 0.4) is 0 Å². The highest BCUT2D eigenvalue weighted by atomic mass is 16.5. The Balaban J connectivity index is 1.83. The number of ether oxygens (including phenoxy) is 2. The van der Waals surface area contributed by atoms with E-state index in [0.717, 1.165) is 22.7 Å². The first-order valence-corrected chi connectivity index (χ1v) is 6.53. The molecule has 0 fully saturated rings. The summed E-state index contributed by atoms with van der Waals surface area (Å²) < 4.78 is 10.9. The van der Waals surface area contributed by atoms with Crippen molar-refractivity contribution in [3.63, 3.8) is 0 Å². The monoisotopic (exact) mass is 284 g/mol. The van der Waals surface area contributed by atoms with Crippen molar-refractivity contribution in [1.29, 1.82) is 0 Å². The lowest BCUT2D eigenvalue weighted by Crippen LogP contribution is -2.32. The molecule has 1 heterocycles. The van der Waals surface area contributed by atoms with Crippen LogP contribution in [0.25, 0.3) is 0 Å². The fourth-order valence-electron chi connectivity index (χ4n) is 2.32. The van der Waals surface area contributed by atoms with E-state index in [1.807, 2.05) is 23.1 Å². The normalized spacial score (nSPS) is 13.3. The molecule has 0 saturated heterocycles. The summed E-state index contributed by atoms with van der Waals surface area (Å²) in [5.74, 6) is 0.455. The molecular weight excluding hydrogens is 270 g/mol. The molecule has 21 heavy (non-hydrogen) atoms. The molecule has 5 heteroatoms. The molecule has 108 valence electrons. The minimum absolute atomic E-state index is 0.166. The van der Waals surface area contributed by atoms with Gasteiger partial charge in [-0.3, -0.25) is 0 Å². The summed E-state index contributed by atoms with van der Waals surface area (Å²) in [6.07, 6.45) is 0. The van der Waals surface area contributed by atoms with Crippen molar-refractivity contribution in [2.75, 3.05) is 18.7 Å². The maximum absolute atomic E-state index is 10.8. The molecule has 3 rings (SSSR count). The minimum atomic E-state index is -1.17. The van der Waals surface area contributed by atoms with Gasteiger partial charge in [0.2, 0.25) is 0 Å². The van der Waals surface area contributed by atoms with Crippen LogP contribution < -0.4 is 19.5 Å². The number of carbonyl (C=O) groups is 1. The van der Waals surface area contributed by atoms with E-state index in [1.54, 1.807) is 19.2 Å². The second-order valence-electron chi connectivity index (χ2n) is 4.78. The van der Waals surface area contributed by atoms with Crippen molar-refractivity contribution in [2.45, 2.75) is 6.54 Å². The van der Waals surface area contributed by atoms with Gasteiger partial charge in [0.05, 0.1) is 13.1 Å². The fraction of sp³-hybridized carbons (Fsp3) is 0.188. The van der Waals surface area contributed by atoms with Crippen molar-refractivity contribution in [3.8, 4) is 11.5 Å². The lowest BCUT2D eigenvalue weighted by molar-refractivity contribution is -0.255. The molecule has 0 N–H and O–H groups in total. The molecule has 0 aliphatic carbocycles. The van der Waals surface area contributed by atoms with Crippen LogP contribution in [0, 0.1) is 0 Å². The van der Waals surface area contributed by atoms with Gasteiger partial charge in [-0.25, -0.2) is 0 Å². The van der Waals surface area contributed by atoms with Crippen molar-refractivity contribution in [3.05, 3.63) is 53.6 Å². The number of rotatable bonds is 3. The van der Waals surface area contributed by atoms with Crippen molar-refractivity contribution in [1.82, 2.24) is 0 Å². The topological polar surface area (TPSA) is 61.8 Å². The molecule has 0 saturated carbocycles. The Labute approximate surface area is 122 Å². The van der Waals surface area contributed by atoms with Gasteiger partial charge in [-0.15, -0.1) is 0 Å². The first-order chi connectivity index (χ1) is 10.2. The van der Waals surface area contributed by atoms with Gasteiger partial charge in [-0.1, -0.05) is 12.1 Å². The first-order valence-electron chi connectivity index (χ1n) is 6.53. The number of methoxy groups -OCH3 is 1. The van der Waals surface area contributed by atoms with E-state index in [2.05, 4.69) is 0 Å². The Morgan fingerprint density at radius 3 is 2.67 bits per heavy atom. The highest BCUT2D eigenvalue weighted by Gasteiger charge is 2.18. The van der Waals surface area contributed by atoms with Gasteiger partial charge in [0.25, 0.3) is 0 Å². The van der Waals surface area contributed by atoms with Gasteiger partial charge in [0, 0.05) is 17.8 Å².